The van der Waals surface area contributed by atoms with Gasteiger partial charge < -0.3 is 0 Å². The lowest BCUT2D eigenvalue weighted by molar-refractivity contribution is 1.11. The molecule has 6 aromatic carbocycles. The molecule has 0 bridgehead atoms. The molecule has 9 rings (SSSR count). The fourth-order valence-corrected chi connectivity index (χ4v) is 8.67. The van der Waals surface area contributed by atoms with Crippen molar-refractivity contribution in [3.63, 3.8) is 0 Å². The molecule has 62 heavy (non-hydrogen) atoms. The van der Waals surface area contributed by atoms with Gasteiger partial charge in [-0.15, -0.1) is 0 Å². The predicted molar refractivity (Wildman–Crippen MR) is 266 cm³/mol. The molecule has 1 aliphatic carbocycles. The number of rotatable bonds is 9. The number of benzene rings is 6. The third kappa shape index (κ3) is 7.59. The Bertz CT molecular complexity index is 3320. The number of fused-ring (bicyclic) bond motifs is 5. The van der Waals surface area contributed by atoms with Crippen molar-refractivity contribution in [2.45, 2.75) is 27.2 Å². The predicted octanol–water partition coefficient (Wildman–Crippen LogP) is 15.0. The summed E-state index contributed by atoms with van der Waals surface area (Å²) in [5, 5.41) is 6.52. The zero-order valence-electron chi connectivity index (χ0n) is 35.3. The first-order chi connectivity index (χ1) is 30.4. The van der Waals surface area contributed by atoms with Crippen molar-refractivity contribution in [2.24, 2.45) is 9.98 Å². The minimum absolute atomic E-state index is 0.590. The van der Waals surface area contributed by atoms with E-state index in [0.717, 1.165) is 94.4 Å². The van der Waals surface area contributed by atoms with E-state index in [4.69, 9.17) is 20.0 Å². The van der Waals surface area contributed by atoms with Gasteiger partial charge in [0.1, 0.15) is 0 Å². The maximum Gasteiger partial charge on any atom is 0.160 e. The first-order valence-electron chi connectivity index (χ1n) is 21.0. The molecule has 0 atom stereocenters. The number of pyridine rings is 2. The van der Waals surface area contributed by atoms with Gasteiger partial charge in [-0.25, -0.2) is 9.98 Å². The highest BCUT2D eigenvalue weighted by Gasteiger charge is 2.19. The topological polar surface area (TPSA) is 50.5 Å². The van der Waals surface area contributed by atoms with Crippen LogP contribution in [0, 0.1) is 0 Å². The molecule has 0 amide bonds. The van der Waals surface area contributed by atoms with Crippen molar-refractivity contribution in [1.82, 2.24) is 9.97 Å². The van der Waals surface area contributed by atoms with E-state index in [0.29, 0.717) is 11.5 Å². The van der Waals surface area contributed by atoms with Gasteiger partial charge in [-0.05, 0) is 99.8 Å². The average molecular weight is 799 g/mol. The molecule has 0 unspecified atom stereocenters. The summed E-state index contributed by atoms with van der Waals surface area (Å²) in [6.45, 7) is 14.9. The SMILES string of the molecule is C=C/C=C(\C1=C(C)C/C(=C\C=C/C)C=C1)c1cccc2c(C(=NC(=C)c3ccccc3)N=C(C)c3cccc4c(-c5ccnc6c5ccc5cccnc56)cccc34)cccc12. The summed E-state index contributed by atoms with van der Waals surface area (Å²) in [5.41, 5.74) is 14.5. The molecule has 1 aliphatic rings. The summed E-state index contributed by atoms with van der Waals surface area (Å²) in [4.78, 5) is 20.2. The molecule has 8 aromatic rings. The Kier molecular flexibility index (Phi) is 11.1. The minimum Gasteiger partial charge on any atom is -0.254 e. The second kappa shape index (κ2) is 17.4. The highest BCUT2D eigenvalue weighted by molar-refractivity contribution is 6.22. The molecule has 0 aliphatic heterocycles. The number of nitrogens with zero attached hydrogens (tertiary/aromatic N) is 4. The fraction of sp³-hybridized carbons (Fsp3) is 0.0690. The van der Waals surface area contributed by atoms with Crippen LogP contribution in [0.3, 0.4) is 0 Å². The largest absolute Gasteiger partial charge is 0.254 e. The van der Waals surface area contributed by atoms with Gasteiger partial charge >= 0.3 is 0 Å². The lowest BCUT2D eigenvalue weighted by atomic mass is 9.85. The van der Waals surface area contributed by atoms with E-state index in [-0.39, 0.29) is 0 Å². The Hall–Kier alpha value is -7.82. The zero-order valence-corrected chi connectivity index (χ0v) is 35.3. The van der Waals surface area contributed by atoms with Crippen molar-refractivity contribution >= 4 is 66.2 Å². The summed E-state index contributed by atoms with van der Waals surface area (Å²) in [6, 6.07) is 46.4. The molecule has 0 N–H and O–H groups in total. The number of amidine groups is 1. The van der Waals surface area contributed by atoms with Crippen LogP contribution in [0.15, 0.2) is 228 Å². The van der Waals surface area contributed by atoms with Gasteiger partial charge in [-0.3, -0.25) is 9.97 Å². The van der Waals surface area contributed by atoms with E-state index in [2.05, 4.69) is 161 Å². The molecular weight excluding hydrogens is 753 g/mol. The molecule has 0 radical (unpaired) electrons. The van der Waals surface area contributed by atoms with Crippen molar-refractivity contribution < 1.29 is 0 Å². The molecule has 0 fully saturated rings. The van der Waals surface area contributed by atoms with Crippen LogP contribution in [0.5, 0.6) is 0 Å². The van der Waals surface area contributed by atoms with Crippen LogP contribution in [0.2, 0.25) is 0 Å². The first kappa shape index (κ1) is 39.6. The van der Waals surface area contributed by atoms with Gasteiger partial charge in [0.15, 0.2) is 5.84 Å². The Labute approximate surface area is 363 Å². The number of allylic oxidation sites excluding steroid dienone is 11. The molecule has 4 nitrogen and oxygen atoms in total. The lowest BCUT2D eigenvalue weighted by Gasteiger charge is -2.20. The standard InChI is InChI=1S/C58H46N4/c1-6-8-18-41-30-32-44(38(3)37-41)46(17-7-2)48-25-14-28-52-50(48)27-15-29-55(52)58(61-39(4)42-19-10-9-11-20-42)62-40(5)45-22-12-24-49-47(45)23-13-26-51(49)53-34-36-60-57-54(53)33-31-43-21-16-35-59-56(43)57/h6-36H,2,4,37H2,1,3,5H3/b8-6-,41-18-,46-17+,61-58?,62-40?. The highest BCUT2D eigenvalue weighted by Crippen LogP contribution is 2.39. The summed E-state index contributed by atoms with van der Waals surface area (Å²) in [7, 11) is 0. The Morgan fingerprint density at radius 2 is 1.32 bits per heavy atom. The number of hydrogen-bond acceptors (Lipinski definition) is 3. The summed E-state index contributed by atoms with van der Waals surface area (Å²) >= 11 is 0. The molecular formula is C58H46N4. The summed E-state index contributed by atoms with van der Waals surface area (Å²) in [6.07, 6.45) is 19.4. The van der Waals surface area contributed by atoms with Crippen LogP contribution < -0.4 is 0 Å². The highest BCUT2D eigenvalue weighted by atomic mass is 14.9. The molecule has 0 saturated heterocycles. The Balaban J connectivity index is 1.19. The van der Waals surface area contributed by atoms with Gasteiger partial charge in [0, 0.05) is 40.0 Å². The van der Waals surface area contributed by atoms with E-state index in [1.165, 1.54) is 16.7 Å². The smallest absolute Gasteiger partial charge is 0.160 e. The van der Waals surface area contributed by atoms with Gasteiger partial charge in [0.05, 0.1) is 16.7 Å². The first-order valence-corrected chi connectivity index (χ1v) is 21.0. The molecule has 2 heterocycles. The number of aliphatic imine (C=N–C) groups is 2. The van der Waals surface area contributed by atoms with E-state index in [1.54, 1.807) is 0 Å². The number of aromatic nitrogens is 2. The third-order valence-corrected chi connectivity index (χ3v) is 11.6. The molecule has 298 valence electrons. The maximum absolute atomic E-state index is 5.44. The second-order valence-electron chi connectivity index (χ2n) is 15.5. The van der Waals surface area contributed by atoms with Crippen LogP contribution in [-0.4, -0.2) is 21.5 Å². The minimum atomic E-state index is 0.590. The van der Waals surface area contributed by atoms with E-state index in [9.17, 15) is 0 Å². The lowest BCUT2D eigenvalue weighted by Crippen LogP contribution is -2.06. The zero-order chi connectivity index (χ0) is 42.6. The second-order valence-corrected chi connectivity index (χ2v) is 15.5. The quantitative estimate of drug-likeness (QED) is 0.0632. The third-order valence-electron chi connectivity index (χ3n) is 11.6. The summed E-state index contributed by atoms with van der Waals surface area (Å²) < 4.78 is 0. The Morgan fingerprint density at radius 1 is 0.629 bits per heavy atom. The summed E-state index contributed by atoms with van der Waals surface area (Å²) in [5.74, 6) is 0.590. The van der Waals surface area contributed by atoms with Gasteiger partial charge in [-0.2, -0.15) is 0 Å². The van der Waals surface area contributed by atoms with Gasteiger partial charge in [0.2, 0.25) is 0 Å². The van der Waals surface area contributed by atoms with E-state index >= 15 is 0 Å². The van der Waals surface area contributed by atoms with Crippen LogP contribution >= 0.6 is 0 Å². The van der Waals surface area contributed by atoms with Crippen LogP contribution in [-0.2, 0) is 0 Å². The van der Waals surface area contributed by atoms with Gasteiger partial charge in [0.25, 0.3) is 0 Å². The monoisotopic (exact) mass is 798 g/mol. The maximum atomic E-state index is 5.44. The molecule has 4 heteroatoms. The number of hydrogen-bond donors (Lipinski definition) is 0. The van der Waals surface area contributed by atoms with Crippen LogP contribution in [0.4, 0.5) is 0 Å². The molecule has 0 saturated carbocycles. The van der Waals surface area contributed by atoms with E-state index < -0.39 is 0 Å². The van der Waals surface area contributed by atoms with Crippen molar-refractivity contribution in [2.75, 3.05) is 0 Å². The fourth-order valence-electron chi connectivity index (χ4n) is 8.67. The van der Waals surface area contributed by atoms with Gasteiger partial charge in [-0.1, -0.05) is 183 Å². The Morgan fingerprint density at radius 3 is 2.10 bits per heavy atom. The van der Waals surface area contributed by atoms with Crippen LogP contribution in [0.1, 0.15) is 49.4 Å². The normalized spacial score (nSPS) is 14.6. The van der Waals surface area contributed by atoms with E-state index in [1.807, 2.05) is 61.8 Å². The van der Waals surface area contributed by atoms with Crippen LogP contribution in [0.25, 0.3) is 65.7 Å². The molecule has 2 aromatic heterocycles. The average Bonchev–Trinajstić information content (AvgIpc) is 3.31. The molecule has 0 spiro atoms. The van der Waals surface area contributed by atoms with Crippen molar-refractivity contribution in [1.29, 1.82) is 0 Å². The van der Waals surface area contributed by atoms with Crippen molar-refractivity contribution in [3.05, 3.63) is 241 Å². The van der Waals surface area contributed by atoms with Crippen molar-refractivity contribution in [3.8, 4) is 11.1 Å².